The minimum absolute atomic E-state index is 0. The van der Waals surface area contributed by atoms with Gasteiger partial charge in [-0.3, -0.25) is 0 Å². The Hall–Kier alpha value is 0.803. The second-order valence-electron chi connectivity index (χ2n) is 1.21. The SMILES string of the molecule is Cc1[c]scc1.[Br-].[Zn]. The molecule has 1 radical (unpaired) electrons. The summed E-state index contributed by atoms with van der Waals surface area (Å²) in [5.74, 6) is 0. The van der Waals surface area contributed by atoms with Gasteiger partial charge in [-0.2, -0.15) is 0 Å². The van der Waals surface area contributed by atoms with Gasteiger partial charge >= 0.3 is 0 Å². The van der Waals surface area contributed by atoms with Gasteiger partial charge in [-0.05, 0) is 23.9 Å². The van der Waals surface area contributed by atoms with Crippen LogP contribution >= 0.6 is 11.3 Å². The largest absolute Gasteiger partial charge is 1.00 e. The van der Waals surface area contributed by atoms with E-state index in [0.29, 0.717) is 0 Å². The second kappa shape index (κ2) is 5.93. The van der Waals surface area contributed by atoms with Gasteiger partial charge in [0, 0.05) is 24.9 Å². The van der Waals surface area contributed by atoms with Crippen LogP contribution in [0.4, 0.5) is 0 Å². The van der Waals surface area contributed by atoms with Crippen molar-refractivity contribution in [2.24, 2.45) is 0 Å². The Labute approximate surface area is 76.8 Å². The molecule has 0 fully saturated rings. The molecule has 0 aliphatic carbocycles. The first-order chi connectivity index (χ1) is 2.89. The molecule has 8 heavy (non-hydrogen) atoms. The topological polar surface area (TPSA) is 0 Å². The Bertz CT molecular complexity index is 116. The molecule has 1 aromatic heterocycles. The van der Waals surface area contributed by atoms with E-state index in [-0.39, 0.29) is 36.5 Å². The van der Waals surface area contributed by atoms with Crippen molar-refractivity contribution in [2.45, 2.75) is 6.92 Å². The van der Waals surface area contributed by atoms with Crippen LogP contribution in [0.5, 0.6) is 0 Å². The van der Waals surface area contributed by atoms with Gasteiger partial charge in [-0.15, -0.1) is 11.3 Å². The van der Waals surface area contributed by atoms with Gasteiger partial charge in [-0.25, -0.2) is 0 Å². The number of hydrogen-bond donors (Lipinski definition) is 0. The molecule has 1 rings (SSSR count). The summed E-state index contributed by atoms with van der Waals surface area (Å²) in [4.78, 5) is 0. The Balaban J connectivity index is 0. The minimum Gasteiger partial charge on any atom is -1.00 e. The molecular weight excluding hydrogens is 237 g/mol. The fourth-order valence-electron chi connectivity index (χ4n) is 0.297. The zero-order valence-electron chi connectivity index (χ0n) is 4.65. The average molecular weight is 242 g/mol. The fraction of sp³-hybridized carbons (Fsp3) is 0.200. The van der Waals surface area contributed by atoms with Gasteiger partial charge < -0.3 is 17.0 Å². The van der Waals surface area contributed by atoms with Crippen LogP contribution in [0.2, 0.25) is 0 Å². The molecule has 0 amide bonds. The van der Waals surface area contributed by atoms with Crippen molar-refractivity contribution in [3.63, 3.8) is 0 Å². The van der Waals surface area contributed by atoms with Crippen LogP contribution < -0.4 is 17.0 Å². The zero-order valence-corrected chi connectivity index (χ0v) is 10.0. The molecule has 0 aromatic carbocycles. The quantitative estimate of drug-likeness (QED) is 0.505. The molecule has 0 spiro atoms. The molecule has 0 saturated carbocycles. The molecule has 1 aromatic rings. The first-order valence-electron chi connectivity index (χ1n) is 1.81. The monoisotopic (exact) mass is 240 g/mol. The molecule has 0 atom stereocenters. The second-order valence-corrected chi connectivity index (χ2v) is 1.92. The predicted molar refractivity (Wildman–Crippen MR) is 27.9 cm³/mol. The summed E-state index contributed by atoms with van der Waals surface area (Å²) in [6.45, 7) is 2.04. The van der Waals surface area contributed by atoms with Gasteiger partial charge in [0.1, 0.15) is 0 Å². The number of halogens is 1. The molecular formula is C5H5BrSZn-. The summed E-state index contributed by atoms with van der Waals surface area (Å²) in [7, 11) is 0. The van der Waals surface area contributed by atoms with Crippen molar-refractivity contribution in [3.8, 4) is 0 Å². The molecule has 1 heterocycles. The number of rotatable bonds is 0. The summed E-state index contributed by atoms with van der Waals surface area (Å²) < 4.78 is 0. The van der Waals surface area contributed by atoms with E-state index < -0.39 is 0 Å². The summed E-state index contributed by atoms with van der Waals surface area (Å²) in [6.07, 6.45) is 0. The third-order valence-electron chi connectivity index (χ3n) is 0.606. The van der Waals surface area contributed by atoms with Crippen LogP contribution in [0.3, 0.4) is 0 Å². The minimum atomic E-state index is 0. The van der Waals surface area contributed by atoms with Crippen LogP contribution in [0.25, 0.3) is 0 Å². The van der Waals surface area contributed by atoms with E-state index in [9.17, 15) is 0 Å². The molecule has 41 valence electrons. The van der Waals surface area contributed by atoms with E-state index in [2.05, 4.69) is 5.38 Å². The zero-order chi connectivity index (χ0) is 4.41. The molecule has 0 saturated heterocycles. The molecule has 0 nitrogen and oxygen atoms in total. The number of hydrogen-bond acceptors (Lipinski definition) is 1. The first kappa shape index (κ1) is 11.6. The first-order valence-corrected chi connectivity index (χ1v) is 2.69. The van der Waals surface area contributed by atoms with E-state index in [1.165, 1.54) is 5.56 Å². The molecule has 3 heteroatoms. The fourth-order valence-corrected chi connectivity index (χ4v) is 0.891. The Morgan fingerprint density at radius 3 is 2.38 bits per heavy atom. The molecule has 0 aliphatic rings. The summed E-state index contributed by atoms with van der Waals surface area (Å²) >= 11 is 1.61. The Kier molecular flexibility index (Phi) is 8.59. The molecule has 0 bridgehead atoms. The molecule has 0 aliphatic heterocycles. The molecule has 0 unspecified atom stereocenters. The van der Waals surface area contributed by atoms with Crippen molar-refractivity contribution < 1.29 is 36.5 Å². The van der Waals surface area contributed by atoms with Crippen molar-refractivity contribution in [1.82, 2.24) is 0 Å². The molecule has 0 N–H and O–H groups in total. The van der Waals surface area contributed by atoms with Gasteiger partial charge in [0.2, 0.25) is 0 Å². The standard InChI is InChI=1S/C5H5S.BrH.Zn/c1-5-2-3-6-4-5;;/h2-3H,1H3;1H;/p-1. The van der Waals surface area contributed by atoms with Gasteiger partial charge in [-0.1, -0.05) is 0 Å². The number of aryl methyl sites for hydroxylation is 1. The van der Waals surface area contributed by atoms with E-state index in [0.717, 1.165) is 0 Å². The predicted octanol–water partition coefficient (Wildman–Crippen LogP) is -1.14. The maximum Gasteiger partial charge on any atom is 0.0474 e. The van der Waals surface area contributed by atoms with Gasteiger partial charge in [0.05, 0.1) is 0 Å². The summed E-state index contributed by atoms with van der Waals surface area (Å²) in [6, 6.07) is 2.05. The van der Waals surface area contributed by atoms with Gasteiger partial charge in [0.25, 0.3) is 0 Å². The summed E-state index contributed by atoms with van der Waals surface area (Å²) in [5.41, 5.74) is 1.24. The van der Waals surface area contributed by atoms with Crippen LogP contribution in [-0.4, -0.2) is 0 Å². The normalized spacial score (nSPS) is 6.62. The smallest absolute Gasteiger partial charge is 0.0474 e. The third-order valence-corrected chi connectivity index (χ3v) is 1.32. The summed E-state index contributed by atoms with van der Waals surface area (Å²) in [5, 5.41) is 5.06. The van der Waals surface area contributed by atoms with E-state index in [1.54, 1.807) is 11.3 Å². The van der Waals surface area contributed by atoms with Crippen LogP contribution in [-0.2, 0) is 19.5 Å². The number of thiophene rings is 1. The van der Waals surface area contributed by atoms with Crippen molar-refractivity contribution in [3.05, 3.63) is 22.4 Å². The average Bonchev–Trinajstić information content (AvgIpc) is 1.86. The van der Waals surface area contributed by atoms with Crippen LogP contribution in [0.15, 0.2) is 11.4 Å². The van der Waals surface area contributed by atoms with E-state index >= 15 is 0 Å². The van der Waals surface area contributed by atoms with Crippen LogP contribution in [0, 0.1) is 12.3 Å². The van der Waals surface area contributed by atoms with Crippen LogP contribution in [0.1, 0.15) is 5.56 Å². The van der Waals surface area contributed by atoms with Crippen molar-refractivity contribution in [1.29, 1.82) is 0 Å². The third kappa shape index (κ3) is 3.76. The van der Waals surface area contributed by atoms with Crippen molar-refractivity contribution >= 4 is 11.3 Å². The Morgan fingerprint density at radius 2 is 2.25 bits per heavy atom. The van der Waals surface area contributed by atoms with E-state index in [4.69, 9.17) is 0 Å². The maximum absolute atomic E-state index is 3.04. The Morgan fingerprint density at radius 1 is 1.62 bits per heavy atom. The van der Waals surface area contributed by atoms with Crippen molar-refractivity contribution in [2.75, 3.05) is 0 Å². The van der Waals surface area contributed by atoms with Gasteiger partial charge in [0.15, 0.2) is 0 Å². The van der Waals surface area contributed by atoms with E-state index in [1.807, 2.05) is 18.4 Å². The maximum atomic E-state index is 3.04.